The maximum atomic E-state index is 12.1. The van der Waals surface area contributed by atoms with Crippen molar-refractivity contribution in [3.8, 4) is 22.9 Å². The Morgan fingerprint density at radius 2 is 2.05 bits per heavy atom. The number of fused-ring (bicyclic) bond motifs is 2. The van der Waals surface area contributed by atoms with Crippen LogP contribution in [0.15, 0.2) is 49.1 Å². The number of pyridine rings is 1. The zero-order chi connectivity index (χ0) is 26.9. The molecule has 12 nitrogen and oxygen atoms in total. The Hall–Kier alpha value is -4.58. The third-order valence-electron chi connectivity index (χ3n) is 6.91. The molecule has 202 valence electrons. The molecular formula is C27H30N8O4. The molecule has 2 aliphatic rings. The highest BCUT2D eigenvalue weighted by Crippen LogP contribution is 2.34. The lowest BCUT2D eigenvalue weighted by molar-refractivity contribution is -0.139. The Labute approximate surface area is 225 Å². The summed E-state index contributed by atoms with van der Waals surface area (Å²) in [7, 11) is 1.64. The molecule has 4 aromatic rings. The van der Waals surface area contributed by atoms with E-state index < -0.39 is 6.10 Å². The molecule has 2 aliphatic heterocycles. The molecule has 0 bridgehead atoms. The molecule has 39 heavy (non-hydrogen) atoms. The normalized spacial score (nSPS) is 15.8. The van der Waals surface area contributed by atoms with E-state index >= 15 is 0 Å². The van der Waals surface area contributed by atoms with Crippen LogP contribution in [0, 0.1) is 0 Å². The molecular weight excluding hydrogens is 500 g/mol. The minimum atomic E-state index is -0.987. The van der Waals surface area contributed by atoms with Gasteiger partial charge in [0.2, 0.25) is 5.88 Å². The first-order valence-electron chi connectivity index (χ1n) is 12.9. The second-order valence-corrected chi connectivity index (χ2v) is 9.48. The summed E-state index contributed by atoms with van der Waals surface area (Å²) in [5.41, 5.74) is 4.86. The van der Waals surface area contributed by atoms with E-state index in [2.05, 4.69) is 25.5 Å². The van der Waals surface area contributed by atoms with Crippen LogP contribution >= 0.6 is 0 Å². The third kappa shape index (κ3) is 4.86. The lowest BCUT2D eigenvalue weighted by Gasteiger charge is -2.37. The monoisotopic (exact) mass is 530 g/mol. The van der Waals surface area contributed by atoms with Crippen LogP contribution in [0.1, 0.15) is 6.92 Å². The number of aromatic nitrogens is 4. The van der Waals surface area contributed by atoms with Crippen LogP contribution in [-0.2, 0) is 4.79 Å². The van der Waals surface area contributed by atoms with Crippen LogP contribution in [0.4, 0.5) is 22.9 Å². The van der Waals surface area contributed by atoms with E-state index in [-0.39, 0.29) is 5.91 Å². The summed E-state index contributed by atoms with van der Waals surface area (Å²) < 4.78 is 13.3. The number of nitrogens with one attached hydrogen (secondary N) is 2. The topological polar surface area (TPSA) is 129 Å². The molecule has 0 aliphatic carbocycles. The number of aliphatic hydroxyl groups is 1. The Morgan fingerprint density at radius 3 is 2.85 bits per heavy atom. The second kappa shape index (κ2) is 10.3. The summed E-state index contributed by atoms with van der Waals surface area (Å²) in [6.45, 7) is 5.20. The minimum Gasteiger partial charge on any atom is -0.495 e. The highest BCUT2D eigenvalue weighted by molar-refractivity contribution is 5.81. The van der Waals surface area contributed by atoms with E-state index in [0.717, 1.165) is 34.9 Å². The molecule has 3 N–H and O–H groups in total. The van der Waals surface area contributed by atoms with Crippen LogP contribution in [0.2, 0.25) is 0 Å². The maximum Gasteiger partial charge on any atom is 0.251 e. The van der Waals surface area contributed by atoms with Crippen molar-refractivity contribution >= 4 is 34.4 Å². The standard InChI is InChI=1S/C27H30N8O4/c1-17(36)27(37)34-10-8-33(9-11-34)22-4-3-19(14-23(22)38-2)31-24-25-29-5-7-35(25)16-21(32-24)18-13-20-26(30-15-18)39-12-6-28-20/h3-5,7,13-17,28,36H,6,8-12H2,1-2H3,(H,31,32)/t17-/m0/s1. The van der Waals surface area contributed by atoms with Crippen molar-refractivity contribution in [3.63, 3.8) is 0 Å². The van der Waals surface area contributed by atoms with Crippen LogP contribution in [0.25, 0.3) is 16.9 Å². The van der Waals surface area contributed by atoms with Gasteiger partial charge in [-0.05, 0) is 25.1 Å². The summed E-state index contributed by atoms with van der Waals surface area (Å²) in [6.07, 6.45) is 6.31. The van der Waals surface area contributed by atoms with Gasteiger partial charge in [0, 0.05) is 74.8 Å². The fraction of sp³-hybridized carbons (Fsp3) is 0.333. The lowest BCUT2D eigenvalue weighted by Crippen LogP contribution is -2.51. The van der Waals surface area contributed by atoms with Gasteiger partial charge in [-0.3, -0.25) is 4.79 Å². The largest absolute Gasteiger partial charge is 0.495 e. The second-order valence-electron chi connectivity index (χ2n) is 9.48. The van der Waals surface area contributed by atoms with Crippen molar-refractivity contribution in [1.29, 1.82) is 0 Å². The molecule has 0 spiro atoms. The fourth-order valence-corrected chi connectivity index (χ4v) is 4.91. The van der Waals surface area contributed by atoms with Crippen molar-refractivity contribution in [1.82, 2.24) is 24.3 Å². The van der Waals surface area contributed by atoms with Gasteiger partial charge >= 0.3 is 0 Å². The summed E-state index contributed by atoms with van der Waals surface area (Å²) in [5, 5.41) is 16.3. The zero-order valence-corrected chi connectivity index (χ0v) is 21.8. The fourth-order valence-electron chi connectivity index (χ4n) is 4.91. The molecule has 1 aromatic carbocycles. The van der Waals surface area contributed by atoms with E-state index in [0.29, 0.717) is 55.9 Å². The van der Waals surface area contributed by atoms with Gasteiger partial charge in [-0.1, -0.05) is 0 Å². The quantitative estimate of drug-likeness (QED) is 0.342. The Bertz CT molecular complexity index is 1510. The van der Waals surface area contributed by atoms with E-state index in [1.165, 1.54) is 6.92 Å². The number of hydrogen-bond acceptors (Lipinski definition) is 10. The first-order valence-corrected chi connectivity index (χ1v) is 12.9. The van der Waals surface area contributed by atoms with Gasteiger partial charge in [0.25, 0.3) is 5.91 Å². The van der Waals surface area contributed by atoms with Gasteiger partial charge in [0.05, 0.1) is 24.2 Å². The van der Waals surface area contributed by atoms with Gasteiger partial charge in [-0.25, -0.2) is 15.0 Å². The highest BCUT2D eigenvalue weighted by atomic mass is 16.5. The van der Waals surface area contributed by atoms with E-state index in [4.69, 9.17) is 14.5 Å². The first kappa shape index (κ1) is 24.7. The molecule has 3 aromatic heterocycles. The average molecular weight is 531 g/mol. The van der Waals surface area contributed by atoms with Gasteiger partial charge in [-0.2, -0.15) is 0 Å². The number of benzene rings is 1. The van der Waals surface area contributed by atoms with Crippen LogP contribution < -0.4 is 25.0 Å². The molecule has 5 heterocycles. The molecule has 1 amide bonds. The molecule has 0 unspecified atom stereocenters. The smallest absolute Gasteiger partial charge is 0.251 e. The zero-order valence-electron chi connectivity index (χ0n) is 21.8. The van der Waals surface area contributed by atoms with E-state index in [1.807, 2.05) is 41.1 Å². The molecule has 1 fully saturated rings. The average Bonchev–Trinajstić information content (AvgIpc) is 3.46. The SMILES string of the molecule is COc1cc(Nc2nc(-c3cnc4c(c3)NCCO4)cn3ccnc23)ccc1N1CCN(C(=O)[C@H](C)O)CC1. The number of carbonyl (C=O) groups excluding carboxylic acids is 1. The van der Waals surface area contributed by atoms with Crippen molar-refractivity contribution in [2.75, 3.05) is 62.0 Å². The summed E-state index contributed by atoms with van der Waals surface area (Å²) in [5.74, 6) is 1.66. The number of aliphatic hydroxyl groups excluding tert-OH is 1. The van der Waals surface area contributed by atoms with Crippen LogP contribution in [0.5, 0.6) is 11.6 Å². The first-order chi connectivity index (χ1) is 19.0. The Balaban J connectivity index is 1.25. The molecule has 1 saturated heterocycles. The van der Waals surface area contributed by atoms with Crippen molar-refractivity contribution < 1.29 is 19.4 Å². The molecule has 0 radical (unpaired) electrons. The number of nitrogens with zero attached hydrogens (tertiary/aromatic N) is 6. The number of piperazine rings is 1. The number of anilines is 4. The number of ether oxygens (including phenoxy) is 2. The van der Waals surface area contributed by atoms with Gasteiger partial charge in [0.1, 0.15) is 18.5 Å². The van der Waals surface area contributed by atoms with Crippen molar-refractivity contribution in [2.45, 2.75) is 13.0 Å². The molecule has 0 saturated carbocycles. The van der Waals surface area contributed by atoms with Crippen LogP contribution in [0.3, 0.4) is 0 Å². The van der Waals surface area contributed by atoms with Gasteiger partial charge in [0.15, 0.2) is 11.5 Å². The predicted octanol–water partition coefficient (Wildman–Crippen LogP) is 2.38. The summed E-state index contributed by atoms with van der Waals surface area (Å²) in [4.78, 5) is 29.8. The molecule has 12 heteroatoms. The highest BCUT2D eigenvalue weighted by Gasteiger charge is 2.25. The predicted molar refractivity (Wildman–Crippen MR) is 147 cm³/mol. The minimum absolute atomic E-state index is 0.239. The number of imidazole rings is 1. The van der Waals surface area contributed by atoms with Gasteiger partial charge < -0.3 is 39.4 Å². The number of methoxy groups -OCH3 is 1. The van der Waals surface area contributed by atoms with Crippen molar-refractivity contribution in [3.05, 3.63) is 49.1 Å². The van der Waals surface area contributed by atoms with Gasteiger partial charge in [-0.15, -0.1) is 0 Å². The van der Waals surface area contributed by atoms with E-state index in [1.54, 1.807) is 24.4 Å². The maximum absolute atomic E-state index is 12.1. The Kier molecular flexibility index (Phi) is 6.53. The third-order valence-corrected chi connectivity index (χ3v) is 6.91. The molecule has 6 rings (SSSR count). The number of rotatable bonds is 6. The van der Waals surface area contributed by atoms with Crippen molar-refractivity contribution in [2.24, 2.45) is 0 Å². The number of amides is 1. The summed E-state index contributed by atoms with van der Waals surface area (Å²) in [6, 6.07) is 7.89. The molecule has 1 atom stereocenters. The summed E-state index contributed by atoms with van der Waals surface area (Å²) >= 11 is 0. The Morgan fingerprint density at radius 1 is 1.21 bits per heavy atom. The lowest BCUT2D eigenvalue weighted by atomic mass is 10.2. The number of carbonyl (C=O) groups is 1. The number of hydrogen-bond donors (Lipinski definition) is 3. The van der Waals surface area contributed by atoms with Crippen LogP contribution in [-0.4, -0.2) is 87.8 Å². The van der Waals surface area contributed by atoms with E-state index in [9.17, 15) is 9.90 Å².